The molecule has 2 aliphatic heterocycles. The summed E-state index contributed by atoms with van der Waals surface area (Å²) in [6, 6.07) is 6.56. The summed E-state index contributed by atoms with van der Waals surface area (Å²) in [5.74, 6) is 2.12. The molecule has 9 heteroatoms. The first-order valence-corrected chi connectivity index (χ1v) is 13.5. The van der Waals surface area contributed by atoms with Crippen LogP contribution in [0.2, 0.25) is 0 Å². The van der Waals surface area contributed by atoms with E-state index in [4.69, 9.17) is 9.72 Å². The van der Waals surface area contributed by atoms with Crippen molar-refractivity contribution in [3.8, 4) is 5.75 Å². The maximum Gasteiger partial charge on any atom is 0.249 e. The standard InChI is InChI=1S/C28H39N7O2/c1-5-23-27(36)34(3)24-17-30-28(33-26(24)35(23)21-8-6-7-9-21)32-22-11-10-19(16-25(22)37-4)18(2)31-20-12-14-29-15-13-20/h10-11,16-17,20-21,23,29,31H,2,5-9,12-15H2,1,3-4H3,(H,30,32,33)/t23-/m1/s1. The number of methoxy groups -OCH3 is 1. The largest absolute Gasteiger partial charge is 0.495 e. The molecular weight excluding hydrogens is 466 g/mol. The number of likely N-dealkylation sites (N-methyl/N-ethyl adjacent to an activating group) is 1. The van der Waals surface area contributed by atoms with E-state index >= 15 is 0 Å². The van der Waals surface area contributed by atoms with Crippen molar-refractivity contribution in [1.29, 1.82) is 0 Å². The van der Waals surface area contributed by atoms with E-state index in [1.807, 2.05) is 25.2 Å². The Morgan fingerprint density at radius 1 is 1.22 bits per heavy atom. The summed E-state index contributed by atoms with van der Waals surface area (Å²) in [6.45, 7) is 8.39. The summed E-state index contributed by atoms with van der Waals surface area (Å²) in [4.78, 5) is 26.6. The number of hydrogen-bond donors (Lipinski definition) is 3. The van der Waals surface area contributed by atoms with Gasteiger partial charge in [0.2, 0.25) is 11.9 Å². The average molecular weight is 506 g/mol. The van der Waals surface area contributed by atoms with Gasteiger partial charge in [-0.1, -0.05) is 32.4 Å². The maximum atomic E-state index is 13.1. The van der Waals surface area contributed by atoms with Gasteiger partial charge in [-0.15, -0.1) is 0 Å². The molecule has 1 aromatic carbocycles. The van der Waals surface area contributed by atoms with Crippen LogP contribution < -0.4 is 30.5 Å². The predicted molar refractivity (Wildman–Crippen MR) is 149 cm³/mol. The van der Waals surface area contributed by atoms with Gasteiger partial charge in [-0.05, 0) is 57.3 Å². The number of anilines is 4. The topological polar surface area (TPSA) is 94.7 Å². The number of benzene rings is 1. The third-order valence-electron chi connectivity index (χ3n) is 7.93. The van der Waals surface area contributed by atoms with E-state index in [9.17, 15) is 4.79 Å². The number of nitrogens with zero attached hydrogens (tertiary/aromatic N) is 4. The second-order valence-corrected chi connectivity index (χ2v) is 10.3. The van der Waals surface area contributed by atoms with E-state index in [1.54, 1.807) is 18.2 Å². The number of aromatic nitrogens is 2. The molecule has 3 heterocycles. The lowest BCUT2D eigenvalue weighted by atomic mass is 10.0. The van der Waals surface area contributed by atoms with Gasteiger partial charge in [0.05, 0.1) is 19.0 Å². The Hall–Kier alpha value is -3.33. The van der Waals surface area contributed by atoms with Crippen LogP contribution in [0, 0.1) is 0 Å². The number of rotatable bonds is 8. The fraction of sp³-hybridized carbons (Fsp3) is 0.536. The molecule has 0 bridgehead atoms. The zero-order valence-corrected chi connectivity index (χ0v) is 22.2. The normalized spacial score (nSPS) is 20.6. The van der Waals surface area contributed by atoms with Crippen LogP contribution in [-0.4, -0.2) is 61.2 Å². The highest BCUT2D eigenvalue weighted by Crippen LogP contribution is 2.40. The lowest BCUT2D eigenvalue weighted by Gasteiger charge is -2.43. The minimum Gasteiger partial charge on any atom is -0.495 e. The van der Waals surface area contributed by atoms with Crippen molar-refractivity contribution in [2.45, 2.75) is 70.0 Å². The van der Waals surface area contributed by atoms with Crippen LogP contribution >= 0.6 is 0 Å². The molecule has 0 radical (unpaired) electrons. The van der Waals surface area contributed by atoms with Gasteiger partial charge in [0.1, 0.15) is 17.5 Å². The molecule has 0 unspecified atom stereocenters. The lowest BCUT2D eigenvalue weighted by Crippen LogP contribution is -2.55. The van der Waals surface area contributed by atoms with Gasteiger partial charge in [0, 0.05) is 30.4 Å². The van der Waals surface area contributed by atoms with E-state index in [0.29, 0.717) is 23.8 Å². The van der Waals surface area contributed by atoms with Crippen molar-refractivity contribution < 1.29 is 9.53 Å². The Morgan fingerprint density at radius 3 is 2.68 bits per heavy atom. The van der Waals surface area contributed by atoms with E-state index in [2.05, 4.69) is 39.3 Å². The molecule has 2 fully saturated rings. The van der Waals surface area contributed by atoms with Gasteiger partial charge >= 0.3 is 0 Å². The van der Waals surface area contributed by atoms with Gasteiger partial charge in [0.25, 0.3) is 0 Å². The first-order valence-electron chi connectivity index (χ1n) is 13.5. The summed E-state index contributed by atoms with van der Waals surface area (Å²) in [5.41, 5.74) is 3.42. The third kappa shape index (κ3) is 5.09. The van der Waals surface area contributed by atoms with Gasteiger partial charge in [-0.3, -0.25) is 4.79 Å². The smallest absolute Gasteiger partial charge is 0.249 e. The second kappa shape index (κ2) is 11.0. The van der Waals surface area contributed by atoms with E-state index in [-0.39, 0.29) is 11.9 Å². The highest BCUT2D eigenvalue weighted by molar-refractivity contribution is 6.04. The number of piperidine rings is 1. The maximum absolute atomic E-state index is 13.1. The van der Waals surface area contributed by atoms with Crippen LogP contribution in [0.3, 0.4) is 0 Å². The quantitative estimate of drug-likeness (QED) is 0.495. The first-order chi connectivity index (χ1) is 18.0. The van der Waals surface area contributed by atoms with Crippen LogP contribution in [-0.2, 0) is 4.79 Å². The highest BCUT2D eigenvalue weighted by Gasteiger charge is 2.41. The molecule has 198 valence electrons. The molecule has 5 rings (SSSR count). The molecule has 3 aliphatic rings. The number of nitrogens with one attached hydrogen (secondary N) is 3. The van der Waals surface area contributed by atoms with Gasteiger partial charge in [-0.25, -0.2) is 4.98 Å². The molecule has 2 aromatic rings. The van der Waals surface area contributed by atoms with Gasteiger partial charge in [0.15, 0.2) is 5.82 Å². The zero-order chi connectivity index (χ0) is 25.9. The molecule has 1 aromatic heterocycles. The number of ether oxygens (including phenoxy) is 1. The molecule has 1 amide bonds. The summed E-state index contributed by atoms with van der Waals surface area (Å²) >= 11 is 0. The molecule has 1 saturated heterocycles. The Bertz CT molecular complexity index is 1140. The van der Waals surface area contributed by atoms with Crippen LogP contribution in [0.4, 0.5) is 23.1 Å². The monoisotopic (exact) mass is 505 g/mol. The van der Waals surface area contributed by atoms with Crippen molar-refractivity contribution in [3.63, 3.8) is 0 Å². The predicted octanol–water partition coefficient (Wildman–Crippen LogP) is 4.05. The summed E-state index contributed by atoms with van der Waals surface area (Å²) < 4.78 is 5.72. The molecule has 1 saturated carbocycles. The first kappa shape index (κ1) is 25.3. The Morgan fingerprint density at radius 2 is 1.97 bits per heavy atom. The van der Waals surface area contributed by atoms with Gasteiger partial charge in [-0.2, -0.15) is 4.98 Å². The minimum absolute atomic E-state index is 0.113. The van der Waals surface area contributed by atoms with Crippen LogP contribution in [0.15, 0.2) is 31.0 Å². The summed E-state index contributed by atoms with van der Waals surface area (Å²) in [7, 11) is 3.48. The second-order valence-electron chi connectivity index (χ2n) is 10.3. The van der Waals surface area contributed by atoms with E-state index < -0.39 is 0 Å². The SMILES string of the molecule is C=C(NC1CCNCC1)c1ccc(Nc2ncc3c(n2)N(C2CCCC2)[C@H](CC)C(=O)N3C)c(OC)c1. The third-order valence-corrected chi connectivity index (χ3v) is 7.93. The molecule has 9 nitrogen and oxygen atoms in total. The fourth-order valence-electron chi connectivity index (χ4n) is 5.84. The molecule has 0 spiro atoms. The van der Waals surface area contributed by atoms with Crippen LogP contribution in [0.5, 0.6) is 5.75 Å². The van der Waals surface area contributed by atoms with Gasteiger partial charge < -0.3 is 30.5 Å². The summed E-state index contributed by atoms with van der Waals surface area (Å²) in [6.07, 6.45) is 9.22. The fourth-order valence-corrected chi connectivity index (χ4v) is 5.84. The molecular formula is C28H39N7O2. The van der Waals surface area contributed by atoms with Crippen LogP contribution in [0.25, 0.3) is 5.70 Å². The van der Waals surface area contributed by atoms with Crippen molar-refractivity contribution >= 4 is 34.7 Å². The van der Waals surface area contributed by atoms with Crippen LogP contribution in [0.1, 0.15) is 57.4 Å². The Balaban J connectivity index is 1.40. The summed E-state index contributed by atoms with van der Waals surface area (Å²) in [5, 5.41) is 10.3. The highest BCUT2D eigenvalue weighted by atomic mass is 16.5. The zero-order valence-electron chi connectivity index (χ0n) is 22.2. The molecule has 3 N–H and O–H groups in total. The molecule has 1 aliphatic carbocycles. The van der Waals surface area contributed by atoms with Crippen molar-refractivity contribution in [2.75, 3.05) is 42.4 Å². The minimum atomic E-state index is -0.198. The van der Waals surface area contributed by atoms with E-state index in [1.165, 1.54) is 12.8 Å². The number of hydrogen-bond acceptors (Lipinski definition) is 8. The number of fused-ring (bicyclic) bond motifs is 1. The lowest BCUT2D eigenvalue weighted by molar-refractivity contribution is -0.120. The Kier molecular flexibility index (Phi) is 7.50. The number of amides is 1. The average Bonchev–Trinajstić information content (AvgIpc) is 3.46. The molecule has 1 atom stereocenters. The van der Waals surface area contributed by atoms with Crippen molar-refractivity contribution in [3.05, 3.63) is 36.5 Å². The van der Waals surface area contributed by atoms with E-state index in [0.717, 1.165) is 73.6 Å². The van der Waals surface area contributed by atoms with Crippen molar-refractivity contribution in [2.24, 2.45) is 0 Å². The Labute approximate surface area is 219 Å². The van der Waals surface area contributed by atoms with Crippen molar-refractivity contribution in [1.82, 2.24) is 20.6 Å². The molecule has 37 heavy (non-hydrogen) atoms. The number of carbonyl (C=O) groups excluding carboxylic acids is 1. The number of carbonyl (C=O) groups is 1.